The highest BCUT2D eigenvalue weighted by atomic mass is 32.2. The molecule has 1 saturated carbocycles. The van der Waals surface area contributed by atoms with Crippen LogP contribution in [0, 0.1) is 5.92 Å². The van der Waals surface area contributed by atoms with E-state index >= 15 is 0 Å². The van der Waals surface area contributed by atoms with Crippen LogP contribution in [0.3, 0.4) is 0 Å². The third-order valence-electron chi connectivity index (χ3n) is 6.72. The van der Waals surface area contributed by atoms with Gasteiger partial charge in [-0.25, -0.2) is 0 Å². The summed E-state index contributed by atoms with van der Waals surface area (Å²) in [5, 5.41) is 6.66. The van der Waals surface area contributed by atoms with Gasteiger partial charge in [-0.15, -0.1) is 11.8 Å². The molecule has 0 radical (unpaired) electrons. The van der Waals surface area contributed by atoms with Gasteiger partial charge < -0.3 is 10.6 Å². The fraction of sp³-hybridized carbons (Fsp3) is 0.429. The first-order valence-electron chi connectivity index (χ1n) is 12.4. The van der Waals surface area contributed by atoms with Crippen molar-refractivity contribution in [3.8, 4) is 0 Å². The van der Waals surface area contributed by atoms with E-state index in [1.165, 1.54) is 5.56 Å². The van der Waals surface area contributed by atoms with Crippen LogP contribution < -0.4 is 10.6 Å². The Bertz CT molecular complexity index is 980. The molecule has 6 heteroatoms. The summed E-state index contributed by atoms with van der Waals surface area (Å²) in [6.07, 6.45) is 5.45. The molecule has 3 unspecified atom stereocenters. The smallest absolute Gasteiger partial charge is 0.257 e. The Hall–Kier alpha value is -2.57. The molecule has 2 aromatic rings. The molecule has 2 fully saturated rings. The summed E-state index contributed by atoms with van der Waals surface area (Å²) in [6, 6.07) is 20.5. The van der Waals surface area contributed by atoms with Gasteiger partial charge in [-0.3, -0.25) is 14.5 Å². The summed E-state index contributed by atoms with van der Waals surface area (Å²) >= 11 is 1.67. The van der Waals surface area contributed by atoms with E-state index in [2.05, 4.69) is 46.7 Å². The number of benzene rings is 2. The van der Waals surface area contributed by atoms with Gasteiger partial charge in [0.1, 0.15) is 0 Å². The molecule has 1 aliphatic carbocycles. The van der Waals surface area contributed by atoms with Crippen LogP contribution in [0.15, 0.2) is 65.6 Å². The lowest BCUT2D eigenvalue weighted by Gasteiger charge is -2.39. The summed E-state index contributed by atoms with van der Waals surface area (Å²) in [4.78, 5) is 28.6. The van der Waals surface area contributed by atoms with Crippen molar-refractivity contribution in [2.45, 2.75) is 50.4 Å². The average molecular weight is 478 g/mol. The molecule has 2 aromatic carbocycles. The Morgan fingerprint density at radius 2 is 1.85 bits per heavy atom. The summed E-state index contributed by atoms with van der Waals surface area (Å²) in [6.45, 7) is 5.77. The first-order valence-corrected chi connectivity index (χ1v) is 13.3. The van der Waals surface area contributed by atoms with Gasteiger partial charge in [-0.05, 0) is 49.4 Å². The normalized spacial score (nSPS) is 23.4. The van der Waals surface area contributed by atoms with Crippen LogP contribution in [0.4, 0.5) is 0 Å². The van der Waals surface area contributed by atoms with Gasteiger partial charge in [0, 0.05) is 36.8 Å². The van der Waals surface area contributed by atoms with Crippen LogP contribution >= 0.6 is 11.8 Å². The van der Waals surface area contributed by atoms with E-state index in [9.17, 15) is 9.59 Å². The minimum Gasteiger partial charge on any atom is -0.356 e. The molecule has 1 saturated heterocycles. The lowest BCUT2D eigenvalue weighted by atomic mass is 9.84. The number of nitrogens with zero attached hydrogens (tertiary/aromatic N) is 1. The Balaban J connectivity index is 1.20. The summed E-state index contributed by atoms with van der Waals surface area (Å²) in [5.41, 5.74) is 2.36. The van der Waals surface area contributed by atoms with Crippen molar-refractivity contribution in [2.24, 2.45) is 5.92 Å². The van der Waals surface area contributed by atoms with Crippen LogP contribution in [-0.2, 0) is 16.1 Å². The highest BCUT2D eigenvalue weighted by Crippen LogP contribution is 2.39. The van der Waals surface area contributed by atoms with Crippen molar-refractivity contribution < 1.29 is 9.59 Å². The Morgan fingerprint density at radius 1 is 1.12 bits per heavy atom. The van der Waals surface area contributed by atoms with Gasteiger partial charge in [-0.2, -0.15) is 0 Å². The second-order valence-electron chi connectivity index (χ2n) is 9.16. The summed E-state index contributed by atoms with van der Waals surface area (Å²) < 4.78 is 0. The van der Waals surface area contributed by atoms with Crippen LogP contribution in [0.1, 0.15) is 43.7 Å². The van der Waals surface area contributed by atoms with Crippen molar-refractivity contribution in [3.63, 3.8) is 0 Å². The Kier molecular flexibility index (Phi) is 8.83. The van der Waals surface area contributed by atoms with Crippen LogP contribution in [-0.4, -0.2) is 47.6 Å². The monoisotopic (exact) mass is 477 g/mol. The van der Waals surface area contributed by atoms with Crippen molar-refractivity contribution >= 4 is 29.7 Å². The van der Waals surface area contributed by atoms with Gasteiger partial charge in [0.05, 0.1) is 4.91 Å². The summed E-state index contributed by atoms with van der Waals surface area (Å²) in [5.74, 6) is 0.0945. The number of amides is 2. The fourth-order valence-corrected chi connectivity index (χ4v) is 6.07. The Morgan fingerprint density at radius 3 is 2.59 bits per heavy atom. The second-order valence-corrected chi connectivity index (χ2v) is 10.4. The maximum atomic E-state index is 12.8. The third-order valence-corrected chi connectivity index (χ3v) is 8.14. The van der Waals surface area contributed by atoms with Crippen molar-refractivity contribution in [1.82, 2.24) is 15.5 Å². The van der Waals surface area contributed by atoms with E-state index in [-0.39, 0.29) is 23.8 Å². The highest BCUT2D eigenvalue weighted by Gasteiger charge is 2.39. The minimum absolute atomic E-state index is 0.0192. The molecule has 3 atom stereocenters. The van der Waals surface area contributed by atoms with E-state index in [0.717, 1.165) is 55.8 Å². The first-order chi connectivity index (χ1) is 16.6. The number of thioether (sulfide) groups is 1. The van der Waals surface area contributed by atoms with Gasteiger partial charge in [0.2, 0.25) is 5.91 Å². The zero-order chi connectivity index (χ0) is 23.8. The van der Waals surface area contributed by atoms with Crippen LogP contribution in [0.5, 0.6) is 0 Å². The number of fused-ring (bicyclic) bond motifs is 1. The Labute approximate surface area is 207 Å². The maximum Gasteiger partial charge on any atom is 0.257 e. The second kappa shape index (κ2) is 12.2. The molecule has 5 nitrogen and oxygen atoms in total. The fourth-order valence-electron chi connectivity index (χ4n) is 4.78. The minimum atomic E-state index is -0.0200. The molecule has 4 rings (SSSR count). The van der Waals surface area contributed by atoms with E-state index < -0.39 is 0 Å². The van der Waals surface area contributed by atoms with Gasteiger partial charge in [0.15, 0.2) is 0 Å². The molecule has 2 N–H and O–H groups in total. The topological polar surface area (TPSA) is 61.4 Å². The number of nitrogens with one attached hydrogen (secondary N) is 2. The maximum absolute atomic E-state index is 12.8. The molecular weight excluding hydrogens is 442 g/mol. The highest BCUT2D eigenvalue weighted by molar-refractivity contribution is 8.04. The predicted molar refractivity (Wildman–Crippen MR) is 140 cm³/mol. The molecule has 2 aliphatic rings. The van der Waals surface area contributed by atoms with Crippen molar-refractivity contribution in [2.75, 3.05) is 19.6 Å². The number of carbonyl (C=O) groups is 2. The van der Waals surface area contributed by atoms with Crippen LogP contribution in [0.25, 0.3) is 6.08 Å². The molecule has 1 heterocycles. The first kappa shape index (κ1) is 24.6. The molecule has 0 bridgehead atoms. The zero-order valence-corrected chi connectivity index (χ0v) is 20.7. The molecule has 2 amide bonds. The van der Waals surface area contributed by atoms with E-state index in [4.69, 9.17) is 0 Å². The molecule has 0 aromatic heterocycles. The average Bonchev–Trinajstić information content (AvgIpc) is 2.87. The molecule has 34 heavy (non-hydrogen) atoms. The lowest BCUT2D eigenvalue weighted by molar-refractivity contribution is -0.127. The van der Waals surface area contributed by atoms with E-state index in [1.807, 2.05) is 42.5 Å². The molecule has 0 spiro atoms. The number of rotatable bonds is 9. The summed E-state index contributed by atoms with van der Waals surface area (Å²) in [7, 11) is 0. The van der Waals surface area contributed by atoms with Gasteiger partial charge in [-0.1, -0.05) is 67.6 Å². The third kappa shape index (κ3) is 6.73. The van der Waals surface area contributed by atoms with Crippen molar-refractivity contribution in [3.05, 3.63) is 76.7 Å². The van der Waals surface area contributed by atoms with Crippen molar-refractivity contribution in [1.29, 1.82) is 0 Å². The predicted octanol–water partition coefficient (Wildman–Crippen LogP) is 4.46. The molecule has 180 valence electrons. The largest absolute Gasteiger partial charge is 0.356 e. The van der Waals surface area contributed by atoms with Gasteiger partial charge in [0.25, 0.3) is 5.91 Å². The van der Waals surface area contributed by atoms with Crippen LogP contribution in [0.2, 0.25) is 0 Å². The van der Waals surface area contributed by atoms with E-state index in [1.54, 1.807) is 11.8 Å². The van der Waals surface area contributed by atoms with E-state index in [0.29, 0.717) is 11.8 Å². The number of hydrogen-bond acceptors (Lipinski definition) is 4. The van der Waals surface area contributed by atoms with Gasteiger partial charge >= 0.3 is 0 Å². The zero-order valence-electron chi connectivity index (χ0n) is 19.9. The SMILES string of the molecule is CCN(CCCNC(=O)C1CCC2S/C(=C\c3ccccc3)C(=O)NC2C1)Cc1ccccc1. The molecular formula is C28H35N3O2S. The number of carbonyl (C=O) groups excluding carboxylic acids is 2. The lowest BCUT2D eigenvalue weighted by Crippen LogP contribution is -2.51. The number of hydrogen-bond donors (Lipinski definition) is 2. The molecule has 1 aliphatic heterocycles. The standard InChI is InChI=1S/C28H35N3O2S/c1-2-31(20-22-12-7-4-8-13-22)17-9-16-29-27(32)23-14-15-25-24(19-23)30-28(33)26(34-25)18-21-10-5-3-6-11-21/h3-8,10-13,18,23-25H,2,9,14-17,19-20H2,1H3,(H,29,32)(H,30,33)/b26-18-. The quantitative estimate of drug-likeness (QED) is 0.414.